The van der Waals surface area contributed by atoms with E-state index in [0.717, 1.165) is 38.5 Å². The van der Waals surface area contributed by atoms with E-state index >= 15 is 0 Å². The zero-order valence-corrected chi connectivity index (χ0v) is 9.88. The molecule has 0 bridgehead atoms. The molecule has 0 atom stereocenters. The second-order valence-corrected chi connectivity index (χ2v) is 4.00. The van der Waals surface area contributed by atoms with Gasteiger partial charge in [0, 0.05) is 5.41 Å². The van der Waals surface area contributed by atoms with E-state index in [4.69, 9.17) is 0 Å². The average molecular weight is 204 g/mol. The summed E-state index contributed by atoms with van der Waals surface area (Å²) in [5.41, 5.74) is 0.117. The molecule has 0 aromatic carbocycles. The summed E-state index contributed by atoms with van der Waals surface area (Å²) in [7, 11) is 0. The van der Waals surface area contributed by atoms with Gasteiger partial charge in [-0.25, -0.2) is 0 Å². The number of hydrogen-bond acceptors (Lipinski definition) is 0. The van der Waals surface area contributed by atoms with Crippen molar-refractivity contribution in [1.82, 2.24) is 0 Å². The summed E-state index contributed by atoms with van der Waals surface area (Å²) in [6.45, 7) is 15.4. The largest absolute Gasteiger partial charge is 0.103 e. The summed E-state index contributed by atoms with van der Waals surface area (Å²) < 4.78 is 0. The lowest BCUT2D eigenvalue weighted by molar-refractivity contribution is 0.393. The van der Waals surface area contributed by atoms with Crippen molar-refractivity contribution in [2.75, 3.05) is 0 Å². The van der Waals surface area contributed by atoms with Gasteiger partial charge in [-0.3, -0.25) is 0 Å². The van der Waals surface area contributed by atoms with Gasteiger partial charge in [0.1, 0.15) is 0 Å². The molecule has 0 aliphatic carbocycles. The molecule has 0 saturated heterocycles. The molecule has 0 heterocycles. The van der Waals surface area contributed by atoms with Crippen molar-refractivity contribution in [2.24, 2.45) is 5.41 Å². The highest BCUT2D eigenvalue weighted by Gasteiger charge is 2.20. The van der Waals surface area contributed by atoms with E-state index in [-0.39, 0.29) is 5.41 Å². The third kappa shape index (κ3) is 5.41. The standard InChI is InChI=1S/C15H24/c1-5-9-11-13-15(7-3,8-4)14-12-10-6-2/h5-8H,1-4,9-14H2. The number of hydrogen-bond donors (Lipinski definition) is 0. The zero-order valence-electron chi connectivity index (χ0n) is 9.88. The Morgan fingerprint density at radius 3 is 1.40 bits per heavy atom. The molecule has 0 aliphatic heterocycles. The topological polar surface area (TPSA) is 0 Å². The van der Waals surface area contributed by atoms with Crippen molar-refractivity contribution in [3.63, 3.8) is 0 Å². The molecular formula is C15H24. The van der Waals surface area contributed by atoms with E-state index < -0.39 is 0 Å². The van der Waals surface area contributed by atoms with Crippen LogP contribution in [0.2, 0.25) is 0 Å². The summed E-state index contributed by atoms with van der Waals surface area (Å²) in [4.78, 5) is 0. The van der Waals surface area contributed by atoms with Crippen molar-refractivity contribution in [3.05, 3.63) is 50.6 Å². The van der Waals surface area contributed by atoms with Gasteiger partial charge < -0.3 is 0 Å². The van der Waals surface area contributed by atoms with E-state index in [1.165, 1.54) is 0 Å². The monoisotopic (exact) mass is 204 g/mol. The predicted molar refractivity (Wildman–Crippen MR) is 70.9 cm³/mol. The first-order valence-corrected chi connectivity index (χ1v) is 5.73. The molecule has 0 aromatic heterocycles. The fourth-order valence-electron chi connectivity index (χ4n) is 1.77. The Labute approximate surface area is 95.1 Å². The summed E-state index contributed by atoms with van der Waals surface area (Å²) in [6, 6.07) is 0. The van der Waals surface area contributed by atoms with Crippen molar-refractivity contribution in [2.45, 2.75) is 38.5 Å². The molecular weight excluding hydrogens is 180 g/mol. The van der Waals surface area contributed by atoms with Crippen molar-refractivity contribution >= 4 is 0 Å². The Morgan fingerprint density at radius 1 is 0.733 bits per heavy atom. The molecule has 0 fully saturated rings. The molecule has 0 amide bonds. The Morgan fingerprint density at radius 2 is 1.13 bits per heavy atom. The quantitative estimate of drug-likeness (QED) is 0.345. The molecule has 15 heavy (non-hydrogen) atoms. The Balaban J connectivity index is 4.15. The maximum atomic E-state index is 3.94. The van der Waals surface area contributed by atoms with E-state index in [0.29, 0.717) is 0 Å². The first-order chi connectivity index (χ1) is 7.24. The number of rotatable bonds is 10. The van der Waals surface area contributed by atoms with Crippen molar-refractivity contribution < 1.29 is 0 Å². The molecule has 0 rings (SSSR count). The maximum absolute atomic E-state index is 3.94. The molecule has 0 spiro atoms. The van der Waals surface area contributed by atoms with Gasteiger partial charge in [0.25, 0.3) is 0 Å². The summed E-state index contributed by atoms with van der Waals surface area (Å²) in [5.74, 6) is 0. The van der Waals surface area contributed by atoms with Crippen molar-refractivity contribution in [1.29, 1.82) is 0 Å². The minimum Gasteiger partial charge on any atom is -0.103 e. The molecule has 0 aliphatic rings. The van der Waals surface area contributed by atoms with Crippen LogP contribution in [0.1, 0.15) is 38.5 Å². The van der Waals surface area contributed by atoms with Gasteiger partial charge in [0.15, 0.2) is 0 Å². The van der Waals surface area contributed by atoms with E-state index in [2.05, 4.69) is 26.3 Å². The predicted octanol–water partition coefficient (Wildman–Crippen LogP) is 5.06. The van der Waals surface area contributed by atoms with Gasteiger partial charge in [0.05, 0.1) is 0 Å². The second kappa shape index (κ2) is 8.28. The SMILES string of the molecule is C=CCCCC(C=C)(C=C)CCCC=C. The first-order valence-electron chi connectivity index (χ1n) is 5.73. The van der Waals surface area contributed by atoms with E-state index in [9.17, 15) is 0 Å². The summed E-state index contributed by atoms with van der Waals surface area (Å²) in [6.07, 6.45) is 14.8. The summed E-state index contributed by atoms with van der Waals surface area (Å²) in [5, 5.41) is 0. The minimum atomic E-state index is 0.117. The van der Waals surface area contributed by atoms with Gasteiger partial charge in [-0.05, 0) is 38.5 Å². The molecule has 0 saturated carbocycles. The van der Waals surface area contributed by atoms with Gasteiger partial charge in [-0.1, -0.05) is 24.3 Å². The number of allylic oxidation sites excluding steroid dienone is 4. The number of unbranched alkanes of at least 4 members (excludes halogenated alkanes) is 2. The Bertz CT molecular complexity index is 186. The highest BCUT2D eigenvalue weighted by atomic mass is 14.2. The third-order valence-electron chi connectivity index (χ3n) is 2.91. The van der Waals surface area contributed by atoms with Crippen LogP contribution in [-0.2, 0) is 0 Å². The van der Waals surface area contributed by atoms with Crippen LogP contribution in [-0.4, -0.2) is 0 Å². The smallest absolute Gasteiger partial charge is 0.00559 e. The highest BCUT2D eigenvalue weighted by Crippen LogP contribution is 2.33. The van der Waals surface area contributed by atoms with Crippen LogP contribution >= 0.6 is 0 Å². The maximum Gasteiger partial charge on any atom is 0.00559 e. The average Bonchev–Trinajstić information content (AvgIpc) is 2.28. The molecule has 0 radical (unpaired) electrons. The molecule has 0 aromatic rings. The lowest BCUT2D eigenvalue weighted by Crippen LogP contribution is -2.14. The van der Waals surface area contributed by atoms with E-state index in [1.54, 1.807) is 0 Å². The first kappa shape index (κ1) is 14.0. The van der Waals surface area contributed by atoms with Crippen LogP contribution < -0.4 is 0 Å². The van der Waals surface area contributed by atoms with Crippen LogP contribution in [0.3, 0.4) is 0 Å². The van der Waals surface area contributed by atoms with Gasteiger partial charge in [-0.2, -0.15) is 0 Å². The normalized spacial score (nSPS) is 10.7. The van der Waals surface area contributed by atoms with Crippen LogP contribution in [0.5, 0.6) is 0 Å². The third-order valence-corrected chi connectivity index (χ3v) is 2.91. The van der Waals surface area contributed by atoms with Gasteiger partial charge in [0.2, 0.25) is 0 Å². The molecule has 0 N–H and O–H groups in total. The van der Waals surface area contributed by atoms with Crippen LogP contribution in [0, 0.1) is 5.41 Å². The molecule has 84 valence electrons. The Kier molecular flexibility index (Phi) is 7.71. The van der Waals surface area contributed by atoms with Crippen molar-refractivity contribution in [3.8, 4) is 0 Å². The molecule has 0 nitrogen and oxygen atoms in total. The molecule has 0 unspecified atom stereocenters. The van der Waals surface area contributed by atoms with Crippen LogP contribution in [0.15, 0.2) is 50.6 Å². The van der Waals surface area contributed by atoms with Gasteiger partial charge >= 0.3 is 0 Å². The molecule has 0 heteroatoms. The fourth-order valence-corrected chi connectivity index (χ4v) is 1.77. The summed E-state index contributed by atoms with van der Waals surface area (Å²) >= 11 is 0. The zero-order chi connectivity index (χ0) is 11.6. The Hall–Kier alpha value is -1.04. The lowest BCUT2D eigenvalue weighted by Gasteiger charge is -2.26. The lowest BCUT2D eigenvalue weighted by atomic mass is 9.78. The fraction of sp³-hybridized carbons (Fsp3) is 0.467. The minimum absolute atomic E-state index is 0.117. The van der Waals surface area contributed by atoms with Gasteiger partial charge in [-0.15, -0.1) is 26.3 Å². The van der Waals surface area contributed by atoms with E-state index in [1.807, 2.05) is 24.3 Å². The highest BCUT2D eigenvalue weighted by molar-refractivity contribution is 5.06. The second-order valence-electron chi connectivity index (χ2n) is 4.00. The van der Waals surface area contributed by atoms with Crippen LogP contribution in [0.25, 0.3) is 0 Å². The van der Waals surface area contributed by atoms with Crippen LogP contribution in [0.4, 0.5) is 0 Å².